The number of hydrogen-bond donors (Lipinski definition) is 1. The third kappa shape index (κ3) is 1.34. The van der Waals surface area contributed by atoms with Crippen LogP contribution in [-0.4, -0.2) is 35.6 Å². The van der Waals surface area contributed by atoms with Gasteiger partial charge in [-0.2, -0.15) is 4.91 Å². The van der Waals surface area contributed by atoms with Crippen LogP contribution < -0.4 is 0 Å². The third-order valence-corrected chi connectivity index (χ3v) is 2.36. The molecule has 1 aliphatic rings. The van der Waals surface area contributed by atoms with Crippen LogP contribution in [0.1, 0.15) is 13.8 Å². The van der Waals surface area contributed by atoms with Crippen molar-refractivity contribution in [2.45, 2.75) is 37.8 Å². The van der Waals surface area contributed by atoms with Gasteiger partial charge in [-0.25, -0.2) is 4.39 Å². The Bertz CT molecular complexity index is 185. The number of alkyl halides is 1. The normalized spacial score (nSPS) is 47.8. The lowest BCUT2D eigenvalue weighted by atomic mass is 9.96. The van der Waals surface area contributed by atoms with Crippen LogP contribution in [0, 0.1) is 4.91 Å². The second-order valence-electron chi connectivity index (χ2n) is 3.22. The minimum Gasteiger partial charge on any atom is -0.387 e. The van der Waals surface area contributed by atoms with Gasteiger partial charge in [0.1, 0.15) is 18.8 Å². The molecule has 0 aromatic carbocycles. The minimum absolute atomic E-state index is 0.203. The van der Waals surface area contributed by atoms with E-state index in [0.29, 0.717) is 0 Å². The average molecular weight is 177 g/mol. The molecule has 12 heavy (non-hydrogen) atoms. The van der Waals surface area contributed by atoms with Crippen LogP contribution in [0.3, 0.4) is 0 Å². The van der Waals surface area contributed by atoms with E-state index in [1.54, 1.807) is 0 Å². The standard InChI is InChI=1S/C7H12FNO3/c1-4-7(2,8)6(10)5(12-4)3-9-11/h4-6,10H,3H2,1-2H3. The number of ether oxygens (including phenoxy) is 1. The van der Waals surface area contributed by atoms with E-state index >= 15 is 0 Å². The Labute approximate surface area is 69.7 Å². The number of aliphatic hydroxyl groups excluding tert-OH is 1. The molecule has 0 bridgehead atoms. The first kappa shape index (κ1) is 9.54. The van der Waals surface area contributed by atoms with Crippen molar-refractivity contribution in [1.29, 1.82) is 0 Å². The zero-order chi connectivity index (χ0) is 9.35. The molecule has 5 heteroatoms. The van der Waals surface area contributed by atoms with Crippen LogP contribution in [0.4, 0.5) is 4.39 Å². The molecule has 0 saturated carbocycles. The molecule has 1 N–H and O–H groups in total. The quantitative estimate of drug-likeness (QED) is 0.629. The van der Waals surface area contributed by atoms with Crippen molar-refractivity contribution in [2.75, 3.05) is 6.54 Å². The molecule has 0 radical (unpaired) electrons. The number of nitrogens with zero attached hydrogens (tertiary/aromatic N) is 1. The van der Waals surface area contributed by atoms with Gasteiger partial charge in [0.2, 0.25) is 0 Å². The highest BCUT2D eigenvalue weighted by molar-refractivity contribution is 4.99. The molecular weight excluding hydrogens is 165 g/mol. The molecule has 4 atom stereocenters. The van der Waals surface area contributed by atoms with Gasteiger partial charge in [0.25, 0.3) is 0 Å². The van der Waals surface area contributed by atoms with E-state index in [9.17, 15) is 14.4 Å². The van der Waals surface area contributed by atoms with Gasteiger partial charge in [-0.15, -0.1) is 0 Å². The van der Waals surface area contributed by atoms with Gasteiger partial charge < -0.3 is 9.84 Å². The Balaban J connectivity index is 2.68. The number of rotatable bonds is 2. The molecule has 0 spiro atoms. The Morgan fingerprint density at radius 2 is 2.33 bits per heavy atom. The maximum absolute atomic E-state index is 13.5. The van der Waals surface area contributed by atoms with Crippen LogP contribution in [0.2, 0.25) is 0 Å². The number of halogens is 1. The largest absolute Gasteiger partial charge is 0.387 e. The molecule has 1 heterocycles. The zero-order valence-electron chi connectivity index (χ0n) is 7.03. The molecule has 0 aromatic rings. The van der Waals surface area contributed by atoms with Crippen LogP contribution in [0.5, 0.6) is 0 Å². The number of nitroso groups, excluding NO2 is 1. The maximum atomic E-state index is 13.5. The first-order valence-electron chi connectivity index (χ1n) is 3.81. The summed E-state index contributed by atoms with van der Waals surface area (Å²) in [6.07, 6.45) is -2.75. The lowest BCUT2D eigenvalue weighted by Crippen LogP contribution is -2.40. The molecule has 0 aromatic heterocycles. The van der Waals surface area contributed by atoms with Crippen molar-refractivity contribution >= 4 is 0 Å². The summed E-state index contributed by atoms with van der Waals surface area (Å²) in [6, 6.07) is 0. The fourth-order valence-corrected chi connectivity index (χ4v) is 1.29. The molecular formula is C7H12FNO3. The van der Waals surface area contributed by atoms with Crippen LogP contribution >= 0.6 is 0 Å². The fraction of sp³-hybridized carbons (Fsp3) is 1.00. The van der Waals surface area contributed by atoms with Gasteiger partial charge in [0.05, 0.1) is 6.10 Å². The first-order chi connectivity index (χ1) is 5.50. The second kappa shape index (κ2) is 3.06. The monoisotopic (exact) mass is 177 g/mol. The van der Waals surface area contributed by atoms with Crippen molar-refractivity contribution in [1.82, 2.24) is 0 Å². The van der Waals surface area contributed by atoms with E-state index in [0.717, 1.165) is 0 Å². The van der Waals surface area contributed by atoms with Gasteiger partial charge >= 0.3 is 0 Å². The number of hydrogen-bond acceptors (Lipinski definition) is 4. The van der Waals surface area contributed by atoms with Gasteiger partial charge in [-0.3, -0.25) is 0 Å². The summed E-state index contributed by atoms with van der Waals surface area (Å²) in [4.78, 5) is 9.86. The van der Waals surface area contributed by atoms with Gasteiger partial charge in [-0.1, -0.05) is 5.18 Å². The Morgan fingerprint density at radius 3 is 2.67 bits per heavy atom. The second-order valence-corrected chi connectivity index (χ2v) is 3.22. The van der Waals surface area contributed by atoms with E-state index < -0.39 is 24.0 Å². The molecule has 1 rings (SSSR count). The highest BCUT2D eigenvalue weighted by Gasteiger charge is 2.51. The van der Waals surface area contributed by atoms with Gasteiger partial charge in [0, 0.05) is 0 Å². The maximum Gasteiger partial charge on any atom is 0.162 e. The predicted octanol–water partition coefficient (Wildman–Crippen LogP) is 0.629. The molecule has 4 nitrogen and oxygen atoms in total. The van der Waals surface area contributed by atoms with E-state index in [1.165, 1.54) is 13.8 Å². The summed E-state index contributed by atoms with van der Waals surface area (Å²) in [7, 11) is 0. The van der Waals surface area contributed by atoms with Crippen molar-refractivity contribution in [3.8, 4) is 0 Å². The van der Waals surface area contributed by atoms with Crippen molar-refractivity contribution in [2.24, 2.45) is 5.18 Å². The Kier molecular flexibility index (Phi) is 2.44. The van der Waals surface area contributed by atoms with Crippen molar-refractivity contribution < 1.29 is 14.2 Å². The van der Waals surface area contributed by atoms with Crippen LogP contribution in [0.25, 0.3) is 0 Å². The molecule has 0 aliphatic carbocycles. The summed E-state index contributed by atoms with van der Waals surface area (Å²) in [5.74, 6) is 0. The first-order valence-corrected chi connectivity index (χ1v) is 3.81. The molecule has 70 valence electrons. The molecule has 1 saturated heterocycles. The predicted molar refractivity (Wildman–Crippen MR) is 40.5 cm³/mol. The molecule has 0 amide bonds. The summed E-state index contributed by atoms with van der Waals surface area (Å²) in [5.41, 5.74) is -1.78. The van der Waals surface area contributed by atoms with Crippen molar-refractivity contribution in [3.63, 3.8) is 0 Å². The third-order valence-electron chi connectivity index (χ3n) is 2.36. The Hall–Kier alpha value is -0.550. The van der Waals surface area contributed by atoms with E-state index in [-0.39, 0.29) is 6.54 Å². The average Bonchev–Trinajstić information content (AvgIpc) is 2.17. The summed E-state index contributed by atoms with van der Waals surface area (Å²) < 4.78 is 18.5. The molecule has 1 fully saturated rings. The highest BCUT2D eigenvalue weighted by atomic mass is 19.1. The number of aliphatic hydroxyl groups is 1. The van der Waals surface area contributed by atoms with E-state index in [1.807, 2.05) is 0 Å². The van der Waals surface area contributed by atoms with Crippen LogP contribution in [-0.2, 0) is 4.74 Å². The van der Waals surface area contributed by atoms with E-state index in [4.69, 9.17) is 4.74 Å². The summed E-state index contributed by atoms with van der Waals surface area (Å²) in [6.45, 7) is 2.58. The highest BCUT2D eigenvalue weighted by Crippen LogP contribution is 2.34. The fourth-order valence-electron chi connectivity index (χ4n) is 1.29. The van der Waals surface area contributed by atoms with E-state index in [2.05, 4.69) is 5.18 Å². The Morgan fingerprint density at radius 1 is 1.75 bits per heavy atom. The van der Waals surface area contributed by atoms with Gasteiger partial charge in [-0.05, 0) is 13.8 Å². The zero-order valence-corrected chi connectivity index (χ0v) is 7.03. The minimum atomic E-state index is -1.78. The van der Waals surface area contributed by atoms with Crippen LogP contribution in [0.15, 0.2) is 5.18 Å². The smallest absolute Gasteiger partial charge is 0.162 e. The lowest BCUT2D eigenvalue weighted by Gasteiger charge is -2.20. The summed E-state index contributed by atoms with van der Waals surface area (Å²) >= 11 is 0. The SMILES string of the molecule is CC1OC(CN=O)C(O)C1(C)F. The summed E-state index contributed by atoms with van der Waals surface area (Å²) in [5, 5.41) is 11.9. The van der Waals surface area contributed by atoms with Crippen molar-refractivity contribution in [3.05, 3.63) is 4.91 Å². The lowest BCUT2D eigenvalue weighted by molar-refractivity contribution is 0.0155. The van der Waals surface area contributed by atoms with Gasteiger partial charge in [0.15, 0.2) is 5.67 Å². The molecule has 1 aliphatic heterocycles. The molecule has 4 unspecified atom stereocenters. The topological polar surface area (TPSA) is 58.9 Å².